The van der Waals surface area contributed by atoms with E-state index < -0.39 is 11.2 Å². The minimum atomic E-state index is -1.50. The van der Waals surface area contributed by atoms with Crippen LogP contribution in [0, 0.1) is 10.1 Å². The number of methoxy groups -OCH3 is 1. The molecular formula is C2H5NO6. The van der Waals surface area contributed by atoms with Crippen LogP contribution in [-0.2, 0) is 4.74 Å². The lowest BCUT2D eigenvalue weighted by Crippen LogP contribution is -1.91. The molecule has 0 spiro atoms. The number of rotatable bonds is 0. The van der Waals surface area contributed by atoms with Gasteiger partial charge in [0.25, 0.3) is 5.09 Å². The minimum absolute atomic E-state index is 1.10. The Kier molecular flexibility index (Phi) is 7.51. The Morgan fingerprint density at radius 1 is 1.78 bits per heavy atom. The van der Waals surface area contributed by atoms with Crippen molar-refractivity contribution in [3.05, 3.63) is 10.1 Å². The van der Waals surface area contributed by atoms with E-state index in [-0.39, 0.29) is 0 Å². The van der Waals surface area contributed by atoms with Gasteiger partial charge in [-0.3, -0.25) is 0 Å². The van der Waals surface area contributed by atoms with Crippen molar-refractivity contribution in [3.8, 4) is 0 Å². The average molecular weight is 139 g/mol. The van der Waals surface area contributed by atoms with Crippen LogP contribution >= 0.6 is 0 Å². The van der Waals surface area contributed by atoms with Crippen molar-refractivity contribution in [2.75, 3.05) is 7.11 Å². The molecule has 0 aliphatic rings. The van der Waals surface area contributed by atoms with Crippen molar-refractivity contribution >= 4 is 6.16 Å². The van der Waals surface area contributed by atoms with Crippen molar-refractivity contribution in [1.29, 1.82) is 0 Å². The first-order chi connectivity index (χ1) is 4.00. The smallest absolute Gasteiger partial charge is 0.450 e. The van der Waals surface area contributed by atoms with Crippen LogP contribution in [0.4, 0.5) is 4.79 Å². The maximum atomic E-state index is 9.15. The van der Waals surface area contributed by atoms with Gasteiger partial charge in [-0.05, 0) is 0 Å². The van der Waals surface area contributed by atoms with Gasteiger partial charge in [-0.15, -0.1) is 10.1 Å². The van der Waals surface area contributed by atoms with Gasteiger partial charge in [0.2, 0.25) is 0 Å². The fourth-order valence-corrected chi connectivity index (χ4v) is 0. The van der Waals surface area contributed by atoms with Crippen LogP contribution in [0.15, 0.2) is 0 Å². The van der Waals surface area contributed by atoms with Gasteiger partial charge in [0, 0.05) is 0 Å². The standard InChI is InChI=1S/C2H4O3.HNO3/c1-5-2(3)4;2-1(3)4/h1H3,(H,3,4);(H,2,3,4). The Hall–Kier alpha value is -1.53. The molecule has 0 aromatic carbocycles. The lowest BCUT2D eigenvalue weighted by atomic mass is 11.4. The van der Waals surface area contributed by atoms with Gasteiger partial charge in [-0.2, -0.15) is 0 Å². The van der Waals surface area contributed by atoms with E-state index >= 15 is 0 Å². The molecule has 0 bridgehead atoms. The largest absolute Gasteiger partial charge is 0.505 e. The zero-order valence-electron chi connectivity index (χ0n) is 4.47. The highest BCUT2D eigenvalue weighted by atomic mass is 16.9. The molecule has 0 rings (SSSR count). The van der Waals surface area contributed by atoms with E-state index in [0.717, 1.165) is 7.11 Å². The maximum absolute atomic E-state index is 9.15. The highest BCUT2D eigenvalue weighted by Gasteiger charge is 1.80. The van der Waals surface area contributed by atoms with Crippen LogP contribution < -0.4 is 0 Å². The Morgan fingerprint density at radius 2 is 1.89 bits per heavy atom. The summed E-state index contributed by atoms with van der Waals surface area (Å²) in [6, 6.07) is 0. The van der Waals surface area contributed by atoms with Crippen LogP contribution in [0.2, 0.25) is 0 Å². The topological polar surface area (TPSA) is 110 Å². The summed E-state index contributed by atoms with van der Waals surface area (Å²) in [6.07, 6.45) is -1.25. The summed E-state index contributed by atoms with van der Waals surface area (Å²) in [7, 11) is 1.10. The highest BCUT2D eigenvalue weighted by Crippen LogP contribution is 1.60. The molecule has 0 saturated carbocycles. The van der Waals surface area contributed by atoms with E-state index in [2.05, 4.69) is 4.74 Å². The van der Waals surface area contributed by atoms with Crippen LogP contribution in [-0.4, -0.2) is 28.7 Å². The monoisotopic (exact) mass is 139 g/mol. The van der Waals surface area contributed by atoms with E-state index in [1.807, 2.05) is 0 Å². The summed E-state index contributed by atoms with van der Waals surface area (Å²) >= 11 is 0. The van der Waals surface area contributed by atoms with Crippen molar-refractivity contribution in [1.82, 2.24) is 0 Å². The minimum Gasteiger partial charge on any atom is -0.450 e. The molecule has 0 fully saturated rings. The predicted molar refractivity (Wildman–Crippen MR) is 23.8 cm³/mol. The molecule has 0 aliphatic carbocycles. The molecular weight excluding hydrogens is 134 g/mol. The second kappa shape index (κ2) is 6.47. The van der Waals surface area contributed by atoms with Crippen molar-refractivity contribution in [2.24, 2.45) is 0 Å². The van der Waals surface area contributed by atoms with Gasteiger partial charge in [0.05, 0.1) is 7.11 Å². The molecule has 0 radical (unpaired) electrons. The second-order valence-corrected chi connectivity index (χ2v) is 0.708. The van der Waals surface area contributed by atoms with E-state index in [0.29, 0.717) is 0 Å². The van der Waals surface area contributed by atoms with Gasteiger partial charge in [0.1, 0.15) is 0 Å². The number of nitrogens with zero attached hydrogens (tertiary/aromatic N) is 1. The zero-order chi connectivity index (χ0) is 7.86. The van der Waals surface area contributed by atoms with E-state index in [9.17, 15) is 0 Å². The first-order valence-corrected chi connectivity index (χ1v) is 1.61. The summed E-state index contributed by atoms with van der Waals surface area (Å²) < 4.78 is 3.67. The van der Waals surface area contributed by atoms with Gasteiger partial charge in [0.15, 0.2) is 0 Å². The van der Waals surface area contributed by atoms with Crippen molar-refractivity contribution < 1.29 is 24.9 Å². The molecule has 7 heteroatoms. The fourth-order valence-electron chi connectivity index (χ4n) is 0. The number of carbonyl (C=O) groups is 1. The molecule has 0 aromatic heterocycles. The summed E-state index contributed by atoms with van der Waals surface area (Å²) in [5, 5.41) is 21.1. The second-order valence-electron chi connectivity index (χ2n) is 0.708. The third-order valence-electron chi connectivity index (χ3n) is 0.175. The molecule has 0 aromatic rings. The third-order valence-corrected chi connectivity index (χ3v) is 0.175. The Labute approximate surface area is 49.6 Å². The summed E-state index contributed by atoms with van der Waals surface area (Å²) in [6.45, 7) is 0. The average Bonchev–Trinajstić information content (AvgIpc) is 1.65. The van der Waals surface area contributed by atoms with Gasteiger partial charge < -0.3 is 15.1 Å². The first kappa shape index (κ1) is 10.5. The fraction of sp³-hybridized carbons (Fsp3) is 0.500. The number of ether oxygens (including phenoxy) is 1. The number of hydrogen-bond acceptors (Lipinski definition) is 4. The third kappa shape index (κ3) is 585. The SMILES string of the molecule is COC(=O)O.O=[N+]([O-])O. The lowest BCUT2D eigenvalue weighted by molar-refractivity contribution is -0.742. The molecule has 0 heterocycles. The van der Waals surface area contributed by atoms with Gasteiger partial charge >= 0.3 is 6.16 Å². The van der Waals surface area contributed by atoms with Crippen molar-refractivity contribution in [2.45, 2.75) is 0 Å². The van der Waals surface area contributed by atoms with E-state index in [4.69, 9.17) is 25.2 Å². The highest BCUT2D eigenvalue weighted by molar-refractivity contribution is 5.56. The maximum Gasteiger partial charge on any atom is 0.505 e. The van der Waals surface area contributed by atoms with Crippen LogP contribution in [0.25, 0.3) is 0 Å². The lowest BCUT2D eigenvalue weighted by Gasteiger charge is -1.79. The molecule has 7 nitrogen and oxygen atoms in total. The Balaban J connectivity index is 0. The van der Waals surface area contributed by atoms with E-state index in [1.54, 1.807) is 0 Å². The normalized spacial score (nSPS) is 6.33. The molecule has 0 atom stereocenters. The van der Waals surface area contributed by atoms with E-state index in [1.165, 1.54) is 0 Å². The first-order valence-electron chi connectivity index (χ1n) is 1.61. The predicted octanol–water partition coefficient (Wildman–Crippen LogP) is -0.0369. The van der Waals surface area contributed by atoms with Crippen molar-refractivity contribution in [3.63, 3.8) is 0 Å². The van der Waals surface area contributed by atoms with Gasteiger partial charge in [-0.25, -0.2) is 4.79 Å². The summed E-state index contributed by atoms with van der Waals surface area (Å²) in [5.41, 5.74) is 0. The molecule has 0 unspecified atom stereocenters. The van der Waals surface area contributed by atoms with Crippen LogP contribution in [0.1, 0.15) is 0 Å². The summed E-state index contributed by atoms with van der Waals surface area (Å²) in [5.74, 6) is 0. The van der Waals surface area contributed by atoms with Crippen LogP contribution in [0.5, 0.6) is 0 Å². The Morgan fingerprint density at radius 3 is 1.89 bits per heavy atom. The molecule has 54 valence electrons. The molecule has 0 aliphatic heterocycles. The Bertz CT molecular complexity index is 95.2. The molecule has 2 N–H and O–H groups in total. The number of hydrogen-bond donors (Lipinski definition) is 2. The zero-order valence-corrected chi connectivity index (χ0v) is 4.47. The number of carboxylic acid groups (broad SMARTS) is 1. The van der Waals surface area contributed by atoms with Crippen LogP contribution in [0.3, 0.4) is 0 Å². The summed E-state index contributed by atoms with van der Waals surface area (Å²) in [4.78, 5) is 17.5. The quantitative estimate of drug-likeness (QED) is 0.277. The molecule has 0 amide bonds. The van der Waals surface area contributed by atoms with Gasteiger partial charge in [-0.1, -0.05) is 0 Å². The molecule has 0 saturated heterocycles. The molecule has 9 heavy (non-hydrogen) atoms.